The summed E-state index contributed by atoms with van der Waals surface area (Å²) in [5.74, 6) is 0.267. The standard InChI is InChI=1S/C15H16ClNO3/c1-20-14-9-10(8-11(16)15(14)19)5-6-13(18)12-4-2-3-7-17-12/h2-4,7-9,13,18-19H,5-6H2,1H3. The number of aryl methyl sites for hydroxylation is 1. The molecule has 5 heteroatoms. The zero-order valence-electron chi connectivity index (χ0n) is 11.1. The smallest absolute Gasteiger partial charge is 0.176 e. The molecule has 1 aromatic heterocycles. The van der Waals surface area contributed by atoms with Crippen LogP contribution < -0.4 is 4.74 Å². The van der Waals surface area contributed by atoms with Crippen molar-refractivity contribution >= 4 is 11.6 Å². The van der Waals surface area contributed by atoms with Crippen LogP contribution in [0.25, 0.3) is 0 Å². The molecule has 0 aliphatic carbocycles. The first-order valence-electron chi connectivity index (χ1n) is 6.26. The lowest BCUT2D eigenvalue weighted by Crippen LogP contribution is -2.02. The third-order valence-corrected chi connectivity index (χ3v) is 3.33. The lowest BCUT2D eigenvalue weighted by Gasteiger charge is -2.12. The number of phenols is 1. The van der Waals surface area contributed by atoms with Gasteiger partial charge in [-0.3, -0.25) is 4.98 Å². The number of nitrogens with zero attached hydrogens (tertiary/aromatic N) is 1. The second-order valence-corrected chi connectivity index (χ2v) is 4.84. The highest BCUT2D eigenvalue weighted by molar-refractivity contribution is 6.32. The number of hydrogen-bond acceptors (Lipinski definition) is 4. The monoisotopic (exact) mass is 293 g/mol. The fourth-order valence-electron chi connectivity index (χ4n) is 1.95. The minimum Gasteiger partial charge on any atom is -0.503 e. The van der Waals surface area contributed by atoms with Crippen LogP contribution in [0, 0.1) is 0 Å². The minimum atomic E-state index is -0.630. The molecule has 20 heavy (non-hydrogen) atoms. The van der Waals surface area contributed by atoms with Gasteiger partial charge in [-0.15, -0.1) is 0 Å². The molecule has 1 heterocycles. The molecule has 0 bridgehead atoms. The summed E-state index contributed by atoms with van der Waals surface area (Å²) in [6.07, 6.45) is 2.14. The van der Waals surface area contributed by atoms with Gasteiger partial charge in [0.2, 0.25) is 0 Å². The lowest BCUT2D eigenvalue weighted by atomic mass is 10.0. The molecule has 4 nitrogen and oxygen atoms in total. The van der Waals surface area contributed by atoms with Gasteiger partial charge >= 0.3 is 0 Å². The molecule has 0 aliphatic heterocycles. The SMILES string of the molecule is COc1cc(CCC(O)c2ccccn2)cc(Cl)c1O. The van der Waals surface area contributed by atoms with Crippen LogP contribution in [0.15, 0.2) is 36.5 Å². The number of aliphatic hydroxyl groups is 1. The van der Waals surface area contributed by atoms with Gasteiger partial charge in [-0.1, -0.05) is 17.7 Å². The van der Waals surface area contributed by atoms with Gasteiger partial charge in [-0.05, 0) is 42.7 Å². The van der Waals surface area contributed by atoms with Crippen LogP contribution in [0.1, 0.15) is 23.8 Å². The number of benzene rings is 1. The van der Waals surface area contributed by atoms with Crippen LogP contribution in [-0.2, 0) is 6.42 Å². The first kappa shape index (κ1) is 14.6. The number of ether oxygens (including phenoxy) is 1. The van der Waals surface area contributed by atoms with Crippen molar-refractivity contribution in [2.24, 2.45) is 0 Å². The predicted octanol–water partition coefficient (Wildman–Crippen LogP) is 3.12. The minimum absolute atomic E-state index is 0.0665. The molecule has 0 spiro atoms. The van der Waals surface area contributed by atoms with E-state index in [1.807, 2.05) is 6.07 Å². The van der Waals surface area contributed by atoms with E-state index in [0.717, 1.165) is 5.56 Å². The molecule has 2 aromatic rings. The number of pyridine rings is 1. The Kier molecular flexibility index (Phi) is 4.82. The molecule has 0 saturated heterocycles. The van der Waals surface area contributed by atoms with Crippen molar-refractivity contribution in [1.29, 1.82) is 0 Å². The number of halogens is 1. The van der Waals surface area contributed by atoms with Gasteiger partial charge in [0.1, 0.15) is 0 Å². The highest BCUT2D eigenvalue weighted by Crippen LogP contribution is 2.35. The summed E-state index contributed by atoms with van der Waals surface area (Å²) in [6.45, 7) is 0. The molecule has 106 valence electrons. The Hall–Kier alpha value is -1.78. The zero-order valence-corrected chi connectivity index (χ0v) is 11.8. The third-order valence-electron chi connectivity index (χ3n) is 3.04. The number of aromatic hydroxyl groups is 1. The van der Waals surface area contributed by atoms with Crippen molar-refractivity contribution in [2.45, 2.75) is 18.9 Å². The second kappa shape index (κ2) is 6.59. The fourth-order valence-corrected chi connectivity index (χ4v) is 2.18. The Morgan fingerprint density at radius 2 is 2.15 bits per heavy atom. The van der Waals surface area contributed by atoms with E-state index in [1.165, 1.54) is 7.11 Å². The van der Waals surface area contributed by atoms with Crippen LogP contribution in [0.4, 0.5) is 0 Å². The molecular formula is C15H16ClNO3. The Labute approximate surface area is 122 Å². The molecule has 2 rings (SSSR count). The molecule has 0 saturated carbocycles. The number of hydrogen-bond donors (Lipinski definition) is 2. The summed E-state index contributed by atoms with van der Waals surface area (Å²) in [5.41, 5.74) is 1.53. The van der Waals surface area contributed by atoms with Gasteiger partial charge in [-0.25, -0.2) is 0 Å². The molecule has 1 aromatic carbocycles. The molecule has 0 fully saturated rings. The zero-order chi connectivity index (χ0) is 14.5. The van der Waals surface area contributed by atoms with E-state index in [-0.39, 0.29) is 10.8 Å². The largest absolute Gasteiger partial charge is 0.503 e. The molecule has 0 amide bonds. The number of aliphatic hydroxyl groups excluding tert-OH is 1. The van der Waals surface area contributed by atoms with Gasteiger partial charge in [0.05, 0.1) is 23.9 Å². The van der Waals surface area contributed by atoms with E-state index in [4.69, 9.17) is 16.3 Å². The topological polar surface area (TPSA) is 62.6 Å². The van der Waals surface area contributed by atoms with Crippen LogP contribution in [0.2, 0.25) is 5.02 Å². The average Bonchev–Trinajstić information content (AvgIpc) is 2.48. The van der Waals surface area contributed by atoms with E-state index >= 15 is 0 Å². The van der Waals surface area contributed by atoms with Gasteiger partial charge in [0.15, 0.2) is 11.5 Å². The molecular weight excluding hydrogens is 278 g/mol. The summed E-state index contributed by atoms with van der Waals surface area (Å²) >= 11 is 5.93. The van der Waals surface area contributed by atoms with Crippen LogP contribution in [0.5, 0.6) is 11.5 Å². The number of phenolic OH excluding ortho intramolecular Hbond substituents is 1. The summed E-state index contributed by atoms with van der Waals surface area (Å²) in [6, 6.07) is 8.82. The Balaban J connectivity index is 2.06. The first-order valence-corrected chi connectivity index (χ1v) is 6.64. The van der Waals surface area contributed by atoms with Gasteiger partial charge < -0.3 is 14.9 Å². The summed E-state index contributed by atoms with van der Waals surface area (Å²) < 4.78 is 5.05. The summed E-state index contributed by atoms with van der Waals surface area (Å²) in [5, 5.41) is 20.0. The maximum Gasteiger partial charge on any atom is 0.176 e. The normalized spacial score (nSPS) is 12.2. The number of aromatic nitrogens is 1. The number of rotatable bonds is 5. The van der Waals surface area contributed by atoms with E-state index in [9.17, 15) is 10.2 Å². The average molecular weight is 294 g/mol. The van der Waals surface area contributed by atoms with Crippen LogP contribution in [0.3, 0.4) is 0 Å². The van der Waals surface area contributed by atoms with Gasteiger partial charge in [0, 0.05) is 6.20 Å². The summed E-state index contributed by atoms with van der Waals surface area (Å²) in [7, 11) is 1.47. The Morgan fingerprint density at radius 1 is 1.35 bits per heavy atom. The van der Waals surface area contributed by atoms with Crippen LogP contribution >= 0.6 is 11.6 Å². The molecule has 2 N–H and O–H groups in total. The molecule has 0 radical (unpaired) electrons. The van der Waals surface area contributed by atoms with Crippen molar-refractivity contribution in [1.82, 2.24) is 4.98 Å². The highest BCUT2D eigenvalue weighted by atomic mass is 35.5. The van der Waals surface area contributed by atoms with E-state index in [2.05, 4.69) is 4.98 Å². The van der Waals surface area contributed by atoms with Crippen LogP contribution in [-0.4, -0.2) is 22.3 Å². The third kappa shape index (κ3) is 3.40. The lowest BCUT2D eigenvalue weighted by molar-refractivity contribution is 0.163. The summed E-state index contributed by atoms with van der Waals surface area (Å²) in [4.78, 5) is 4.12. The van der Waals surface area contributed by atoms with Crippen molar-refractivity contribution < 1.29 is 14.9 Å². The van der Waals surface area contributed by atoms with E-state index < -0.39 is 6.10 Å². The predicted molar refractivity (Wildman–Crippen MR) is 77.2 cm³/mol. The second-order valence-electron chi connectivity index (χ2n) is 4.44. The first-order chi connectivity index (χ1) is 9.61. The number of methoxy groups -OCH3 is 1. The van der Waals surface area contributed by atoms with Crippen molar-refractivity contribution in [2.75, 3.05) is 7.11 Å². The van der Waals surface area contributed by atoms with Gasteiger partial charge in [0.25, 0.3) is 0 Å². The molecule has 1 unspecified atom stereocenters. The maximum absolute atomic E-state index is 10.1. The highest BCUT2D eigenvalue weighted by Gasteiger charge is 2.12. The Bertz CT molecular complexity index is 575. The molecule has 1 atom stereocenters. The van der Waals surface area contributed by atoms with Crippen molar-refractivity contribution in [3.05, 3.63) is 52.8 Å². The van der Waals surface area contributed by atoms with Crippen molar-refractivity contribution in [3.63, 3.8) is 0 Å². The van der Waals surface area contributed by atoms with Gasteiger partial charge in [-0.2, -0.15) is 0 Å². The fraction of sp³-hybridized carbons (Fsp3) is 0.267. The van der Waals surface area contributed by atoms with E-state index in [0.29, 0.717) is 24.3 Å². The van der Waals surface area contributed by atoms with E-state index in [1.54, 1.807) is 30.5 Å². The Morgan fingerprint density at radius 3 is 2.80 bits per heavy atom. The maximum atomic E-state index is 10.1. The quantitative estimate of drug-likeness (QED) is 0.889. The van der Waals surface area contributed by atoms with Crippen molar-refractivity contribution in [3.8, 4) is 11.5 Å². The molecule has 0 aliphatic rings.